The molecular formula is C35H64O6. The lowest BCUT2D eigenvalue weighted by atomic mass is 9.43. The first-order chi connectivity index (χ1) is 19.8. The third-order valence-electron chi connectivity index (χ3n) is 12.6. The molecule has 0 saturated heterocycles. The van der Waals surface area contributed by atoms with E-state index >= 15 is 0 Å². The molecule has 11 atom stereocenters. The molecule has 4 aliphatic carbocycles. The Balaban J connectivity index is 1.61. The summed E-state index contributed by atoms with van der Waals surface area (Å²) in [6.45, 7) is 12.6. The highest BCUT2D eigenvalue weighted by Crippen LogP contribution is 2.69. The monoisotopic (exact) mass is 580 g/mol. The molecule has 240 valence electrons. The van der Waals surface area contributed by atoms with E-state index in [0.29, 0.717) is 67.7 Å². The largest absolute Gasteiger partial charge is 0.396 e. The van der Waals surface area contributed by atoms with Crippen LogP contribution in [0.1, 0.15) is 118 Å². The van der Waals surface area contributed by atoms with E-state index in [0.717, 1.165) is 45.1 Å². The molecule has 3 N–H and O–H groups in total. The van der Waals surface area contributed by atoms with E-state index in [1.807, 2.05) is 0 Å². The van der Waals surface area contributed by atoms with Gasteiger partial charge >= 0.3 is 0 Å². The molecule has 41 heavy (non-hydrogen) atoms. The van der Waals surface area contributed by atoms with Gasteiger partial charge in [-0.05, 0) is 112 Å². The molecule has 0 aromatic carbocycles. The molecule has 0 amide bonds. The first kappa shape index (κ1) is 33.6. The van der Waals surface area contributed by atoms with Crippen LogP contribution in [-0.2, 0) is 14.2 Å². The van der Waals surface area contributed by atoms with Crippen LogP contribution in [0.15, 0.2) is 0 Å². The summed E-state index contributed by atoms with van der Waals surface area (Å²) in [6, 6.07) is 0. The molecule has 0 heterocycles. The summed E-state index contributed by atoms with van der Waals surface area (Å²) in [6.07, 6.45) is 16.0. The normalized spacial score (nSPS) is 41.0. The Labute approximate surface area is 251 Å². The van der Waals surface area contributed by atoms with Crippen LogP contribution in [0.2, 0.25) is 0 Å². The Morgan fingerprint density at radius 1 is 0.756 bits per heavy atom. The zero-order valence-corrected chi connectivity index (χ0v) is 26.9. The number of aliphatic hydroxyl groups excluding tert-OH is 3. The van der Waals surface area contributed by atoms with Gasteiger partial charge in [0, 0.05) is 45.1 Å². The number of ether oxygens (including phenoxy) is 3. The lowest BCUT2D eigenvalue weighted by molar-refractivity contribution is -0.228. The van der Waals surface area contributed by atoms with Crippen molar-refractivity contribution in [3.8, 4) is 0 Å². The van der Waals surface area contributed by atoms with Crippen molar-refractivity contribution in [1.29, 1.82) is 0 Å². The van der Waals surface area contributed by atoms with E-state index in [1.165, 1.54) is 38.5 Å². The van der Waals surface area contributed by atoms with Gasteiger partial charge in [0.15, 0.2) is 0 Å². The van der Waals surface area contributed by atoms with Crippen molar-refractivity contribution in [2.75, 3.05) is 39.6 Å². The smallest absolute Gasteiger partial charge is 0.0637 e. The fourth-order valence-corrected chi connectivity index (χ4v) is 10.4. The zero-order chi connectivity index (χ0) is 29.5. The SMILES string of the molecule is CCCC[C@@H](C)[C@H]1CC[C@H]2[C@@H]3[C@H](OCCCO)C[C@@H]4C[C@H](OCCCCO)CC[C@]4(C)[C@H]3C[C@H](OCCCO)[C@]12C. The lowest BCUT2D eigenvalue weighted by Crippen LogP contribution is -2.63. The fraction of sp³-hybridized carbons (Fsp3) is 1.00. The molecule has 0 spiro atoms. The van der Waals surface area contributed by atoms with Gasteiger partial charge < -0.3 is 29.5 Å². The van der Waals surface area contributed by atoms with E-state index in [9.17, 15) is 10.2 Å². The van der Waals surface area contributed by atoms with E-state index in [1.54, 1.807) is 0 Å². The third kappa shape index (κ3) is 7.20. The van der Waals surface area contributed by atoms with Gasteiger partial charge in [0.25, 0.3) is 0 Å². The number of aliphatic hydroxyl groups is 3. The molecule has 0 aromatic heterocycles. The average Bonchev–Trinajstić information content (AvgIpc) is 3.33. The van der Waals surface area contributed by atoms with E-state index < -0.39 is 0 Å². The predicted octanol–water partition coefficient (Wildman–Crippen LogP) is 6.38. The van der Waals surface area contributed by atoms with E-state index in [4.69, 9.17) is 19.3 Å². The Morgan fingerprint density at radius 3 is 2.17 bits per heavy atom. The summed E-state index contributed by atoms with van der Waals surface area (Å²) >= 11 is 0. The van der Waals surface area contributed by atoms with Crippen molar-refractivity contribution in [3.63, 3.8) is 0 Å². The fourth-order valence-electron chi connectivity index (χ4n) is 10.4. The highest BCUT2D eigenvalue weighted by Gasteiger charge is 2.66. The minimum Gasteiger partial charge on any atom is -0.396 e. The molecule has 0 aliphatic heterocycles. The van der Waals surface area contributed by atoms with Gasteiger partial charge in [-0.1, -0.05) is 47.0 Å². The standard InChI is InChI=1S/C35H64O6/c1-5-6-11-25(2)28-12-13-29-33-30(24-32(35(28,29)4)41-21-10-18-38)34(3)15-14-27(39-19-8-7-16-36)22-26(34)23-31(33)40-20-9-17-37/h25-33,36-38H,5-24H2,1-4H3/t25-,26+,27-,28-,29+,30+,31-,32+,33+,34+,35-/m1/s1. The highest BCUT2D eigenvalue weighted by molar-refractivity contribution is 5.15. The van der Waals surface area contributed by atoms with Crippen molar-refractivity contribution in [1.82, 2.24) is 0 Å². The molecule has 4 saturated carbocycles. The molecule has 4 aliphatic rings. The number of unbranched alkanes of at least 4 members (excludes halogenated alkanes) is 2. The summed E-state index contributed by atoms with van der Waals surface area (Å²) in [4.78, 5) is 0. The zero-order valence-electron chi connectivity index (χ0n) is 26.9. The van der Waals surface area contributed by atoms with Gasteiger partial charge in [0.1, 0.15) is 0 Å². The summed E-state index contributed by atoms with van der Waals surface area (Å²) in [7, 11) is 0. The van der Waals surface area contributed by atoms with Crippen LogP contribution in [0.25, 0.3) is 0 Å². The Kier molecular flexibility index (Phi) is 12.9. The van der Waals surface area contributed by atoms with Gasteiger partial charge in [-0.3, -0.25) is 0 Å². The molecule has 4 rings (SSSR count). The molecule has 4 fully saturated rings. The molecule has 0 aromatic rings. The Bertz CT molecular complexity index is 763. The Morgan fingerprint density at radius 2 is 1.46 bits per heavy atom. The predicted molar refractivity (Wildman–Crippen MR) is 164 cm³/mol. The molecule has 6 nitrogen and oxygen atoms in total. The summed E-state index contributed by atoms with van der Waals surface area (Å²) in [5.41, 5.74) is 0.400. The second-order valence-electron chi connectivity index (χ2n) is 14.8. The van der Waals surface area contributed by atoms with Crippen molar-refractivity contribution < 1.29 is 29.5 Å². The summed E-state index contributed by atoms with van der Waals surface area (Å²) < 4.78 is 20.0. The Hall–Kier alpha value is -0.240. The van der Waals surface area contributed by atoms with Crippen molar-refractivity contribution in [3.05, 3.63) is 0 Å². The van der Waals surface area contributed by atoms with Gasteiger partial charge in [-0.2, -0.15) is 0 Å². The van der Waals surface area contributed by atoms with Gasteiger partial charge in [-0.15, -0.1) is 0 Å². The van der Waals surface area contributed by atoms with E-state index in [-0.39, 0.29) is 42.9 Å². The average molecular weight is 581 g/mol. The number of fused-ring (bicyclic) bond motifs is 5. The quantitative estimate of drug-likeness (QED) is 0.173. The van der Waals surface area contributed by atoms with Gasteiger partial charge in [0.2, 0.25) is 0 Å². The molecule has 0 radical (unpaired) electrons. The molecular weight excluding hydrogens is 516 g/mol. The van der Waals surface area contributed by atoms with Crippen LogP contribution in [-0.4, -0.2) is 73.3 Å². The minimum atomic E-state index is 0.137. The maximum atomic E-state index is 9.58. The first-order valence-corrected chi connectivity index (χ1v) is 17.5. The number of rotatable bonds is 17. The van der Waals surface area contributed by atoms with Gasteiger partial charge in [-0.25, -0.2) is 0 Å². The van der Waals surface area contributed by atoms with Crippen LogP contribution in [0, 0.1) is 46.3 Å². The topological polar surface area (TPSA) is 88.4 Å². The molecule has 0 unspecified atom stereocenters. The highest BCUT2D eigenvalue weighted by atomic mass is 16.5. The van der Waals surface area contributed by atoms with Crippen molar-refractivity contribution in [2.45, 2.75) is 136 Å². The second-order valence-corrected chi connectivity index (χ2v) is 14.8. The number of hydrogen-bond donors (Lipinski definition) is 3. The molecule has 6 heteroatoms. The maximum absolute atomic E-state index is 9.58. The lowest BCUT2D eigenvalue weighted by Gasteiger charge is -2.65. The summed E-state index contributed by atoms with van der Waals surface area (Å²) in [5, 5.41) is 28.3. The summed E-state index contributed by atoms with van der Waals surface area (Å²) in [5.74, 6) is 3.65. The third-order valence-corrected chi connectivity index (χ3v) is 12.6. The number of hydrogen-bond acceptors (Lipinski definition) is 6. The van der Waals surface area contributed by atoms with Crippen molar-refractivity contribution in [2.24, 2.45) is 46.3 Å². The van der Waals surface area contributed by atoms with Crippen LogP contribution in [0.4, 0.5) is 0 Å². The maximum Gasteiger partial charge on any atom is 0.0637 e. The van der Waals surface area contributed by atoms with Crippen LogP contribution in [0.5, 0.6) is 0 Å². The van der Waals surface area contributed by atoms with Crippen LogP contribution in [0.3, 0.4) is 0 Å². The van der Waals surface area contributed by atoms with Crippen molar-refractivity contribution >= 4 is 0 Å². The molecule has 0 bridgehead atoms. The van der Waals surface area contributed by atoms with Crippen LogP contribution >= 0.6 is 0 Å². The first-order valence-electron chi connectivity index (χ1n) is 17.5. The second kappa shape index (κ2) is 15.7. The minimum absolute atomic E-state index is 0.137. The van der Waals surface area contributed by atoms with E-state index in [2.05, 4.69) is 27.7 Å². The van der Waals surface area contributed by atoms with Crippen LogP contribution < -0.4 is 0 Å². The van der Waals surface area contributed by atoms with Gasteiger partial charge in [0.05, 0.1) is 18.3 Å².